The number of amides is 1. The second-order valence-corrected chi connectivity index (χ2v) is 8.02. The van der Waals surface area contributed by atoms with E-state index in [0.29, 0.717) is 27.6 Å². The molecule has 5 rings (SSSR count). The molecule has 0 bridgehead atoms. The van der Waals surface area contributed by atoms with Gasteiger partial charge in [-0.05, 0) is 30.3 Å². The summed E-state index contributed by atoms with van der Waals surface area (Å²) in [6, 6.07) is 13.9. The number of rotatable bonds is 4. The van der Waals surface area contributed by atoms with Gasteiger partial charge in [0, 0.05) is 34.9 Å². The number of carbonyl (C=O) groups excluding carboxylic acids is 1. The quantitative estimate of drug-likeness (QED) is 0.237. The van der Waals surface area contributed by atoms with Crippen LogP contribution in [0.2, 0.25) is 10.2 Å². The first-order chi connectivity index (χ1) is 16.4. The minimum atomic E-state index is -0.716. The molecule has 0 unspecified atom stereocenters. The van der Waals surface area contributed by atoms with E-state index in [1.165, 1.54) is 30.6 Å². The van der Waals surface area contributed by atoms with Gasteiger partial charge in [-0.2, -0.15) is 0 Å². The summed E-state index contributed by atoms with van der Waals surface area (Å²) in [5.74, 6) is -1.08. The SMILES string of the molecule is O=C(Nc1ccc(Oc2ccnc3[nH]c(=O)c4ccccc4c23)c(F)c1)c1cc(Cl)cnc1Cl. The highest BCUT2D eigenvalue weighted by molar-refractivity contribution is 6.35. The molecule has 0 radical (unpaired) electrons. The van der Waals surface area contributed by atoms with Crippen molar-refractivity contribution in [2.45, 2.75) is 0 Å². The van der Waals surface area contributed by atoms with Gasteiger partial charge in [0.05, 0.1) is 16.0 Å². The molecule has 0 saturated heterocycles. The van der Waals surface area contributed by atoms with E-state index in [0.717, 1.165) is 6.07 Å². The van der Waals surface area contributed by atoms with Gasteiger partial charge in [-0.15, -0.1) is 0 Å². The van der Waals surface area contributed by atoms with E-state index in [-0.39, 0.29) is 32.7 Å². The standard InChI is InChI=1S/C24H13Cl2FN4O3/c25-12-9-16(21(26)29-11-12)24(33)30-13-5-6-18(17(27)10-13)34-19-7-8-28-22-20(19)14-3-1-2-4-15(14)23(32)31-22/h1-11H,(H,30,33)(H,28,31,32). The summed E-state index contributed by atoms with van der Waals surface area (Å²) < 4.78 is 20.8. The van der Waals surface area contributed by atoms with E-state index in [4.69, 9.17) is 27.9 Å². The maximum absolute atomic E-state index is 14.9. The monoisotopic (exact) mass is 494 g/mol. The molecule has 7 nitrogen and oxygen atoms in total. The number of aromatic amines is 1. The number of H-pyrrole nitrogens is 1. The number of carbonyl (C=O) groups is 1. The average Bonchev–Trinajstić information content (AvgIpc) is 2.82. The van der Waals surface area contributed by atoms with Crippen molar-refractivity contribution in [3.05, 3.63) is 98.9 Å². The number of anilines is 1. The van der Waals surface area contributed by atoms with Gasteiger partial charge in [0.2, 0.25) is 0 Å². The molecular formula is C24H13Cl2FN4O3. The highest BCUT2D eigenvalue weighted by atomic mass is 35.5. The predicted octanol–water partition coefficient (Wildman–Crippen LogP) is 5.96. The summed E-state index contributed by atoms with van der Waals surface area (Å²) in [5.41, 5.74) is 0.269. The van der Waals surface area contributed by atoms with Crippen molar-refractivity contribution in [3.8, 4) is 11.5 Å². The van der Waals surface area contributed by atoms with Crippen molar-refractivity contribution < 1.29 is 13.9 Å². The van der Waals surface area contributed by atoms with Crippen LogP contribution in [-0.2, 0) is 0 Å². The number of aromatic nitrogens is 3. The van der Waals surface area contributed by atoms with Crippen LogP contribution in [0.25, 0.3) is 21.8 Å². The van der Waals surface area contributed by atoms with Gasteiger partial charge < -0.3 is 15.0 Å². The molecule has 34 heavy (non-hydrogen) atoms. The van der Waals surface area contributed by atoms with E-state index in [1.54, 1.807) is 30.3 Å². The second-order valence-electron chi connectivity index (χ2n) is 7.23. The van der Waals surface area contributed by atoms with Crippen LogP contribution in [0.4, 0.5) is 10.1 Å². The molecular weight excluding hydrogens is 482 g/mol. The van der Waals surface area contributed by atoms with Crippen LogP contribution in [0.15, 0.2) is 71.8 Å². The minimum Gasteiger partial charge on any atom is -0.453 e. The molecule has 5 aromatic rings. The Morgan fingerprint density at radius 3 is 2.59 bits per heavy atom. The zero-order valence-corrected chi connectivity index (χ0v) is 18.6. The number of benzene rings is 2. The number of nitrogens with one attached hydrogen (secondary N) is 2. The zero-order valence-electron chi connectivity index (χ0n) is 17.1. The van der Waals surface area contributed by atoms with Crippen LogP contribution >= 0.6 is 23.2 Å². The molecule has 0 spiro atoms. The Morgan fingerprint density at radius 1 is 1.00 bits per heavy atom. The van der Waals surface area contributed by atoms with E-state index >= 15 is 0 Å². The second kappa shape index (κ2) is 8.74. The van der Waals surface area contributed by atoms with Gasteiger partial charge >= 0.3 is 0 Å². The molecule has 2 N–H and O–H groups in total. The summed E-state index contributed by atoms with van der Waals surface area (Å²) in [4.78, 5) is 35.6. The highest BCUT2D eigenvalue weighted by Crippen LogP contribution is 2.34. The maximum atomic E-state index is 14.9. The first kappa shape index (κ1) is 21.8. The van der Waals surface area contributed by atoms with Gasteiger partial charge in [0.15, 0.2) is 11.6 Å². The molecule has 0 aliphatic rings. The molecule has 3 heterocycles. The molecule has 2 aromatic carbocycles. The number of pyridine rings is 3. The molecule has 168 valence electrons. The molecule has 0 aliphatic carbocycles. The smallest absolute Gasteiger partial charge is 0.258 e. The molecule has 0 aliphatic heterocycles. The lowest BCUT2D eigenvalue weighted by molar-refractivity contribution is 0.102. The average molecular weight is 495 g/mol. The maximum Gasteiger partial charge on any atom is 0.258 e. The highest BCUT2D eigenvalue weighted by Gasteiger charge is 2.16. The molecule has 0 fully saturated rings. The normalized spacial score (nSPS) is 11.0. The van der Waals surface area contributed by atoms with Crippen LogP contribution in [0, 0.1) is 5.82 Å². The van der Waals surface area contributed by atoms with Crippen molar-refractivity contribution >= 4 is 56.6 Å². The van der Waals surface area contributed by atoms with Gasteiger partial charge in [-0.1, -0.05) is 41.4 Å². The lowest BCUT2D eigenvalue weighted by atomic mass is 10.1. The summed E-state index contributed by atoms with van der Waals surface area (Å²) >= 11 is 11.8. The predicted molar refractivity (Wildman–Crippen MR) is 129 cm³/mol. The number of ether oxygens (including phenoxy) is 1. The third kappa shape index (κ3) is 4.05. The molecule has 10 heteroatoms. The Kier molecular flexibility index (Phi) is 5.61. The Hall–Kier alpha value is -4.01. The fourth-order valence-electron chi connectivity index (χ4n) is 3.52. The van der Waals surface area contributed by atoms with E-state index in [2.05, 4.69) is 20.3 Å². The van der Waals surface area contributed by atoms with Crippen LogP contribution in [0.3, 0.4) is 0 Å². The number of fused-ring (bicyclic) bond motifs is 3. The van der Waals surface area contributed by atoms with Crippen LogP contribution in [0.5, 0.6) is 11.5 Å². The number of hydrogen-bond donors (Lipinski definition) is 2. The lowest BCUT2D eigenvalue weighted by Crippen LogP contribution is -2.13. The summed E-state index contributed by atoms with van der Waals surface area (Å²) in [6.45, 7) is 0. The van der Waals surface area contributed by atoms with Crippen molar-refractivity contribution in [1.29, 1.82) is 0 Å². The first-order valence-corrected chi connectivity index (χ1v) is 10.7. The van der Waals surface area contributed by atoms with E-state index in [1.807, 2.05) is 0 Å². The summed E-state index contributed by atoms with van der Waals surface area (Å²) in [5, 5.41) is 4.38. The third-order valence-electron chi connectivity index (χ3n) is 5.05. The van der Waals surface area contributed by atoms with Gasteiger partial charge in [-0.25, -0.2) is 14.4 Å². The van der Waals surface area contributed by atoms with Crippen LogP contribution < -0.4 is 15.6 Å². The van der Waals surface area contributed by atoms with Gasteiger partial charge in [0.25, 0.3) is 11.5 Å². The first-order valence-electron chi connectivity index (χ1n) is 9.90. The zero-order chi connectivity index (χ0) is 23.8. The van der Waals surface area contributed by atoms with Crippen LogP contribution in [-0.4, -0.2) is 20.9 Å². The number of nitrogens with zero attached hydrogens (tertiary/aromatic N) is 2. The van der Waals surface area contributed by atoms with Crippen LogP contribution in [0.1, 0.15) is 10.4 Å². The van der Waals surface area contributed by atoms with Crippen molar-refractivity contribution in [2.75, 3.05) is 5.32 Å². The Bertz CT molecular complexity index is 1660. The topological polar surface area (TPSA) is 97.0 Å². The van der Waals surface area contributed by atoms with Crippen molar-refractivity contribution in [3.63, 3.8) is 0 Å². The van der Waals surface area contributed by atoms with Crippen molar-refractivity contribution in [2.24, 2.45) is 0 Å². The lowest BCUT2D eigenvalue weighted by Gasteiger charge is -2.12. The minimum absolute atomic E-state index is 0.0304. The summed E-state index contributed by atoms with van der Waals surface area (Å²) in [6.07, 6.45) is 2.77. The van der Waals surface area contributed by atoms with Gasteiger partial charge in [0.1, 0.15) is 16.5 Å². The summed E-state index contributed by atoms with van der Waals surface area (Å²) in [7, 11) is 0. The van der Waals surface area contributed by atoms with E-state index < -0.39 is 11.7 Å². The third-order valence-corrected chi connectivity index (χ3v) is 5.55. The fourth-order valence-corrected chi connectivity index (χ4v) is 3.87. The molecule has 0 saturated carbocycles. The van der Waals surface area contributed by atoms with E-state index in [9.17, 15) is 14.0 Å². The Labute approximate surface area is 201 Å². The van der Waals surface area contributed by atoms with Gasteiger partial charge in [-0.3, -0.25) is 9.59 Å². The number of halogens is 3. The Balaban J connectivity index is 1.47. The number of hydrogen-bond acceptors (Lipinski definition) is 5. The molecule has 1 amide bonds. The fraction of sp³-hybridized carbons (Fsp3) is 0. The Morgan fingerprint density at radius 2 is 1.79 bits per heavy atom. The largest absolute Gasteiger partial charge is 0.453 e. The molecule has 3 aromatic heterocycles. The molecule has 0 atom stereocenters. The van der Waals surface area contributed by atoms with Crippen molar-refractivity contribution in [1.82, 2.24) is 15.0 Å².